The first-order valence-corrected chi connectivity index (χ1v) is 5.05. The topological polar surface area (TPSA) is 79.9 Å². The van der Waals surface area contributed by atoms with Gasteiger partial charge in [-0.25, -0.2) is 4.98 Å². The van der Waals surface area contributed by atoms with E-state index in [0.717, 1.165) is 5.56 Å². The largest absolute Gasteiger partial charge is 0.481 e. The van der Waals surface area contributed by atoms with E-state index >= 15 is 0 Å². The number of rotatable bonds is 4. The van der Waals surface area contributed by atoms with Gasteiger partial charge in [-0.3, -0.25) is 9.89 Å². The number of nitrogens with zero attached hydrogens (tertiary/aromatic N) is 2. The summed E-state index contributed by atoms with van der Waals surface area (Å²) in [6, 6.07) is 3.60. The summed E-state index contributed by atoms with van der Waals surface area (Å²) in [6.45, 7) is 0.418. The van der Waals surface area contributed by atoms with Crippen molar-refractivity contribution in [3.8, 4) is 5.88 Å². The van der Waals surface area contributed by atoms with E-state index in [-0.39, 0.29) is 5.91 Å². The van der Waals surface area contributed by atoms with Crippen LogP contribution in [0.2, 0.25) is 0 Å². The number of H-pyrrole nitrogens is 1. The molecule has 6 heteroatoms. The molecule has 0 aliphatic rings. The predicted molar refractivity (Wildman–Crippen MR) is 60.5 cm³/mol. The maximum Gasteiger partial charge on any atom is 0.254 e. The molecule has 0 aliphatic heterocycles. The number of pyridine rings is 1. The van der Waals surface area contributed by atoms with Gasteiger partial charge in [-0.1, -0.05) is 6.07 Å². The van der Waals surface area contributed by atoms with Crippen LogP contribution in [0.4, 0.5) is 0 Å². The number of carbonyl (C=O) groups excluding carboxylic acids is 1. The van der Waals surface area contributed by atoms with Crippen LogP contribution in [0.1, 0.15) is 15.9 Å². The van der Waals surface area contributed by atoms with Crippen molar-refractivity contribution in [2.75, 3.05) is 7.11 Å². The lowest BCUT2D eigenvalue weighted by atomic mass is 10.2. The van der Waals surface area contributed by atoms with Gasteiger partial charge in [0.2, 0.25) is 5.88 Å². The molecule has 2 heterocycles. The van der Waals surface area contributed by atoms with Gasteiger partial charge in [-0.05, 0) is 5.56 Å². The Hall–Kier alpha value is -2.37. The molecular formula is C11H12N4O2. The Morgan fingerprint density at radius 2 is 2.35 bits per heavy atom. The van der Waals surface area contributed by atoms with Crippen LogP contribution in [-0.2, 0) is 6.54 Å². The Bertz CT molecular complexity index is 479. The molecule has 0 spiro atoms. The molecule has 17 heavy (non-hydrogen) atoms. The lowest BCUT2D eigenvalue weighted by Gasteiger charge is -2.04. The van der Waals surface area contributed by atoms with Crippen molar-refractivity contribution in [3.63, 3.8) is 0 Å². The summed E-state index contributed by atoms with van der Waals surface area (Å²) >= 11 is 0. The molecule has 0 bridgehead atoms. The third-order valence-electron chi connectivity index (χ3n) is 2.22. The number of amides is 1. The van der Waals surface area contributed by atoms with Gasteiger partial charge < -0.3 is 10.1 Å². The Morgan fingerprint density at radius 1 is 1.47 bits per heavy atom. The van der Waals surface area contributed by atoms with Crippen LogP contribution < -0.4 is 10.1 Å². The molecule has 0 fully saturated rings. The minimum absolute atomic E-state index is 0.172. The molecule has 0 saturated carbocycles. The standard InChI is InChI=1S/C11H12N4O2/c1-17-10-3-2-8(4-12-10)5-13-11(16)9-6-14-15-7-9/h2-4,6-7H,5H2,1H3,(H,13,16)(H,14,15). The highest BCUT2D eigenvalue weighted by molar-refractivity contribution is 5.93. The van der Waals surface area contributed by atoms with Crippen molar-refractivity contribution >= 4 is 5.91 Å². The highest BCUT2D eigenvalue weighted by Crippen LogP contribution is 2.06. The number of aromatic amines is 1. The number of aromatic nitrogens is 3. The fraction of sp³-hybridized carbons (Fsp3) is 0.182. The molecule has 2 aromatic heterocycles. The first-order valence-electron chi connectivity index (χ1n) is 5.05. The number of hydrogen-bond acceptors (Lipinski definition) is 4. The number of methoxy groups -OCH3 is 1. The lowest BCUT2D eigenvalue weighted by molar-refractivity contribution is 0.0951. The van der Waals surface area contributed by atoms with Crippen molar-refractivity contribution in [3.05, 3.63) is 41.9 Å². The first-order chi connectivity index (χ1) is 8.29. The average Bonchev–Trinajstić information content (AvgIpc) is 2.90. The number of nitrogens with one attached hydrogen (secondary N) is 2. The van der Waals surface area contributed by atoms with Gasteiger partial charge in [0.15, 0.2) is 0 Å². The van der Waals surface area contributed by atoms with Crippen molar-refractivity contribution in [1.29, 1.82) is 0 Å². The van der Waals surface area contributed by atoms with E-state index in [1.54, 1.807) is 25.6 Å². The summed E-state index contributed by atoms with van der Waals surface area (Å²) in [4.78, 5) is 15.6. The lowest BCUT2D eigenvalue weighted by Crippen LogP contribution is -2.22. The third-order valence-corrected chi connectivity index (χ3v) is 2.22. The van der Waals surface area contributed by atoms with Crippen LogP contribution in [0, 0.1) is 0 Å². The van der Waals surface area contributed by atoms with Gasteiger partial charge in [0.05, 0.1) is 18.9 Å². The second kappa shape index (κ2) is 5.11. The predicted octanol–water partition coefficient (Wildman–Crippen LogP) is 0.743. The number of carbonyl (C=O) groups is 1. The van der Waals surface area contributed by atoms with Crippen LogP contribution in [0.5, 0.6) is 5.88 Å². The summed E-state index contributed by atoms with van der Waals surface area (Å²) in [5, 5.41) is 9.05. The zero-order valence-corrected chi connectivity index (χ0v) is 9.30. The zero-order chi connectivity index (χ0) is 12.1. The molecule has 0 unspecified atom stereocenters. The maximum atomic E-state index is 11.6. The Morgan fingerprint density at radius 3 is 2.94 bits per heavy atom. The fourth-order valence-corrected chi connectivity index (χ4v) is 1.30. The number of ether oxygens (including phenoxy) is 1. The van der Waals surface area contributed by atoms with E-state index < -0.39 is 0 Å². The summed E-state index contributed by atoms with van der Waals surface area (Å²) in [5.74, 6) is 0.379. The molecular weight excluding hydrogens is 220 g/mol. The van der Waals surface area contributed by atoms with Crippen LogP contribution in [0.3, 0.4) is 0 Å². The van der Waals surface area contributed by atoms with Crippen LogP contribution in [-0.4, -0.2) is 28.2 Å². The second-order valence-corrected chi connectivity index (χ2v) is 3.38. The molecule has 2 N–H and O–H groups in total. The molecule has 1 amide bonds. The SMILES string of the molecule is COc1ccc(CNC(=O)c2cn[nH]c2)cn1. The smallest absolute Gasteiger partial charge is 0.254 e. The van der Waals surface area contributed by atoms with Crippen molar-refractivity contribution < 1.29 is 9.53 Å². The normalized spacial score (nSPS) is 9.94. The molecule has 6 nitrogen and oxygen atoms in total. The van der Waals surface area contributed by atoms with E-state index in [2.05, 4.69) is 20.5 Å². The van der Waals surface area contributed by atoms with Crippen LogP contribution >= 0.6 is 0 Å². The van der Waals surface area contributed by atoms with Gasteiger partial charge in [0.1, 0.15) is 0 Å². The quantitative estimate of drug-likeness (QED) is 0.815. The maximum absolute atomic E-state index is 11.6. The summed E-state index contributed by atoms with van der Waals surface area (Å²) in [5.41, 5.74) is 1.41. The molecule has 0 saturated heterocycles. The molecule has 0 radical (unpaired) electrons. The second-order valence-electron chi connectivity index (χ2n) is 3.38. The van der Waals surface area contributed by atoms with E-state index in [9.17, 15) is 4.79 Å². The number of hydrogen-bond donors (Lipinski definition) is 2. The first kappa shape index (κ1) is 11.1. The van der Waals surface area contributed by atoms with Crippen LogP contribution in [0.15, 0.2) is 30.7 Å². The van der Waals surface area contributed by atoms with E-state index in [4.69, 9.17) is 4.74 Å². The fourth-order valence-electron chi connectivity index (χ4n) is 1.30. The van der Waals surface area contributed by atoms with E-state index in [0.29, 0.717) is 18.0 Å². The van der Waals surface area contributed by atoms with Crippen molar-refractivity contribution in [2.45, 2.75) is 6.54 Å². The monoisotopic (exact) mass is 232 g/mol. The molecule has 2 rings (SSSR count). The molecule has 88 valence electrons. The van der Waals surface area contributed by atoms with Gasteiger partial charge >= 0.3 is 0 Å². The van der Waals surface area contributed by atoms with Gasteiger partial charge in [0, 0.05) is 25.0 Å². The molecule has 2 aromatic rings. The molecule has 0 aliphatic carbocycles. The van der Waals surface area contributed by atoms with Gasteiger partial charge in [-0.2, -0.15) is 5.10 Å². The van der Waals surface area contributed by atoms with Gasteiger partial charge in [-0.15, -0.1) is 0 Å². The van der Waals surface area contributed by atoms with Crippen LogP contribution in [0.25, 0.3) is 0 Å². The Labute approximate surface area is 98.0 Å². The summed E-state index contributed by atoms with van der Waals surface area (Å²) < 4.78 is 4.94. The van der Waals surface area contributed by atoms with E-state index in [1.807, 2.05) is 6.07 Å². The molecule has 0 aromatic carbocycles. The molecule has 0 atom stereocenters. The summed E-state index contributed by atoms with van der Waals surface area (Å²) in [7, 11) is 1.56. The Kier molecular flexibility index (Phi) is 3.34. The summed E-state index contributed by atoms with van der Waals surface area (Å²) in [6.07, 6.45) is 4.68. The van der Waals surface area contributed by atoms with Crippen molar-refractivity contribution in [1.82, 2.24) is 20.5 Å². The van der Waals surface area contributed by atoms with Crippen molar-refractivity contribution in [2.24, 2.45) is 0 Å². The third kappa shape index (κ3) is 2.81. The zero-order valence-electron chi connectivity index (χ0n) is 9.30. The highest BCUT2D eigenvalue weighted by atomic mass is 16.5. The van der Waals surface area contributed by atoms with E-state index in [1.165, 1.54) is 6.20 Å². The van der Waals surface area contributed by atoms with Gasteiger partial charge in [0.25, 0.3) is 5.91 Å². The minimum atomic E-state index is -0.172. The highest BCUT2D eigenvalue weighted by Gasteiger charge is 2.05. The minimum Gasteiger partial charge on any atom is -0.481 e. The Balaban J connectivity index is 1.91. The average molecular weight is 232 g/mol.